The number of ketones is 1. The van der Waals surface area contributed by atoms with Gasteiger partial charge in [0.15, 0.2) is 5.78 Å². The first-order valence-electron chi connectivity index (χ1n) is 4.79. The van der Waals surface area contributed by atoms with Crippen molar-refractivity contribution >= 4 is 5.78 Å². The van der Waals surface area contributed by atoms with Crippen LogP contribution in [0.15, 0.2) is 30.6 Å². The van der Waals surface area contributed by atoms with E-state index in [4.69, 9.17) is 0 Å². The molecule has 2 heterocycles. The van der Waals surface area contributed by atoms with E-state index in [1.165, 1.54) is 0 Å². The number of nitrogens with one attached hydrogen (secondary N) is 1. The Morgan fingerprint density at radius 3 is 2.47 bits per heavy atom. The minimum atomic E-state index is 0.0410. The van der Waals surface area contributed by atoms with Crippen molar-refractivity contribution in [3.8, 4) is 0 Å². The van der Waals surface area contributed by atoms with Crippen LogP contribution >= 0.6 is 0 Å². The number of carbonyl (C=O) groups excluding carboxylic acids is 1. The molecule has 0 aliphatic heterocycles. The molecule has 0 amide bonds. The first-order chi connectivity index (χ1) is 7.18. The summed E-state index contributed by atoms with van der Waals surface area (Å²) in [4.78, 5) is 19.0. The van der Waals surface area contributed by atoms with Crippen molar-refractivity contribution in [1.29, 1.82) is 0 Å². The van der Waals surface area contributed by atoms with E-state index in [1.807, 2.05) is 19.9 Å². The molecule has 0 fully saturated rings. The van der Waals surface area contributed by atoms with Crippen molar-refractivity contribution in [3.05, 3.63) is 53.1 Å². The van der Waals surface area contributed by atoms with Crippen LogP contribution in [0.3, 0.4) is 0 Å². The molecule has 3 nitrogen and oxygen atoms in total. The third kappa shape index (κ3) is 1.81. The van der Waals surface area contributed by atoms with Gasteiger partial charge in [-0.15, -0.1) is 0 Å². The molecular weight excluding hydrogens is 188 g/mol. The fraction of sp³-hybridized carbons (Fsp3) is 0.167. The normalized spacial score (nSPS) is 10.3. The second-order valence-corrected chi connectivity index (χ2v) is 3.56. The Kier molecular flexibility index (Phi) is 2.37. The fourth-order valence-corrected chi connectivity index (χ4v) is 1.62. The Bertz CT molecular complexity index is 486. The van der Waals surface area contributed by atoms with Crippen molar-refractivity contribution in [2.24, 2.45) is 0 Å². The molecule has 0 saturated heterocycles. The van der Waals surface area contributed by atoms with E-state index >= 15 is 0 Å². The molecule has 76 valence electrons. The first kappa shape index (κ1) is 9.65. The van der Waals surface area contributed by atoms with Crippen LogP contribution in [0.1, 0.15) is 27.3 Å². The summed E-state index contributed by atoms with van der Waals surface area (Å²) in [6.07, 6.45) is 3.25. The van der Waals surface area contributed by atoms with Crippen molar-refractivity contribution in [1.82, 2.24) is 9.97 Å². The molecule has 2 aromatic heterocycles. The number of aromatic amines is 1. The molecule has 0 aromatic carbocycles. The number of nitrogens with zero attached hydrogens (tertiary/aromatic N) is 1. The highest BCUT2D eigenvalue weighted by molar-refractivity contribution is 6.09. The number of hydrogen-bond donors (Lipinski definition) is 1. The number of carbonyl (C=O) groups is 1. The van der Waals surface area contributed by atoms with Crippen LogP contribution in [0.25, 0.3) is 0 Å². The average molecular weight is 200 g/mol. The van der Waals surface area contributed by atoms with Gasteiger partial charge in [-0.25, -0.2) is 0 Å². The van der Waals surface area contributed by atoms with Crippen molar-refractivity contribution < 1.29 is 4.79 Å². The van der Waals surface area contributed by atoms with Crippen LogP contribution in [0.2, 0.25) is 0 Å². The lowest BCUT2D eigenvalue weighted by molar-refractivity contribution is 0.103. The minimum absolute atomic E-state index is 0.0410. The van der Waals surface area contributed by atoms with Gasteiger partial charge in [-0.3, -0.25) is 9.78 Å². The van der Waals surface area contributed by atoms with Crippen molar-refractivity contribution in [3.63, 3.8) is 0 Å². The molecule has 2 aromatic rings. The van der Waals surface area contributed by atoms with E-state index in [0.717, 1.165) is 17.0 Å². The topological polar surface area (TPSA) is 45.8 Å². The number of hydrogen-bond acceptors (Lipinski definition) is 2. The second-order valence-electron chi connectivity index (χ2n) is 3.56. The smallest absolute Gasteiger partial charge is 0.194 e. The molecule has 0 unspecified atom stereocenters. The van der Waals surface area contributed by atoms with Crippen molar-refractivity contribution in [2.75, 3.05) is 0 Å². The number of pyridine rings is 1. The van der Waals surface area contributed by atoms with Gasteiger partial charge >= 0.3 is 0 Å². The van der Waals surface area contributed by atoms with Gasteiger partial charge in [-0.1, -0.05) is 0 Å². The number of aryl methyl sites for hydroxylation is 2. The lowest BCUT2D eigenvalue weighted by Gasteiger charge is -1.98. The van der Waals surface area contributed by atoms with Crippen molar-refractivity contribution in [2.45, 2.75) is 13.8 Å². The predicted octanol–water partition coefficient (Wildman–Crippen LogP) is 2.26. The Morgan fingerprint density at radius 1 is 1.27 bits per heavy atom. The maximum atomic E-state index is 12.0. The number of aromatic nitrogens is 2. The highest BCUT2D eigenvalue weighted by Gasteiger charge is 2.12. The zero-order valence-corrected chi connectivity index (χ0v) is 8.74. The van der Waals surface area contributed by atoms with Gasteiger partial charge in [0.2, 0.25) is 0 Å². The second kappa shape index (κ2) is 3.69. The molecule has 0 aliphatic rings. The number of H-pyrrole nitrogens is 1. The van der Waals surface area contributed by atoms with E-state index in [1.54, 1.807) is 24.5 Å². The summed E-state index contributed by atoms with van der Waals surface area (Å²) in [5, 5.41) is 0. The van der Waals surface area contributed by atoms with E-state index in [-0.39, 0.29) is 5.78 Å². The maximum Gasteiger partial charge on any atom is 0.194 e. The largest absolute Gasteiger partial charge is 0.362 e. The highest BCUT2D eigenvalue weighted by Crippen LogP contribution is 2.14. The van der Waals surface area contributed by atoms with Gasteiger partial charge in [0.25, 0.3) is 0 Å². The minimum Gasteiger partial charge on any atom is -0.362 e. The average Bonchev–Trinajstić information content (AvgIpc) is 2.58. The SMILES string of the molecule is Cc1cc(C(=O)c2ccncc2)c(C)[nH]1. The standard InChI is InChI=1S/C12H12N2O/c1-8-7-11(9(2)14-8)12(15)10-3-5-13-6-4-10/h3-7,14H,1-2H3. The van der Waals surface area contributed by atoms with Crippen LogP contribution in [0.4, 0.5) is 0 Å². The molecule has 3 heteroatoms. The summed E-state index contributed by atoms with van der Waals surface area (Å²) in [5.74, 6) is 0.0410. The van der Waals surface area contributed by atoms with E-state index in [0.29, 0.717) is 5.56 Å². The highest BCUT2D eigenvalue weighted by atomic mass is 16.1. The lowest BCUT2D eigenvalue weighted by Crippen LogP contribution is -2.01. The summed E-state index contributed by atoms with van der Waals surface area (Å²) in [6, 6.07) is 5.33. The maximum absolute atomic E-state index is 12.0. The predicted molar refractivity (Wildman–Crippen MR) is 57.9 cm³/mol. The molecule has 2 rings (SSSR count). The summed E-state index contributed by atoms with van der Waals surface area (Å²) < 4.78 is 0. The van der Waals surface area contributed by atoms with Gasteiger partial charge < -0.3 is 4.98 Å². The molecule has 0 bridgehead atoms. The third-order valence-corrected chi connectivity index (χ3v) is 2.34. The van der Waals surface area contributed by atoms with Gasteiger partial charge in [0, 0.05) is 34.9 Å². The third-order valence-electron chi connectivity index (χ3n) is 2.34. The fourth-order valence-electron chi connectivity index (χ4n) is 1.62. The summed E-state index contributed by atoms with van der Waals surface area (Å²) in [5.41, 5.74) is 3.32. The van der Waals surface area contributed by atoms with Crippen LogP contribution in [-0.2, 0) is 0 Å². The summed E-state index contributed by atoms with van der Waals surface area (Å²) in [7, 11) is 0. The summed E-state index contributed by atoms with van der Waals surface area (Å²) in [6.45, 7) is 3.84. The molecule has 1 N–H and O–H groups in total. The Labute approximate surface area is 88.2 Å². The Morgan fingerprint density at radius 2 is 1.93 bits per heavy atom. The zero-order valence-electron chi connectivity index (χ0n) is 8.74. The van der Waals surface area contributed by atoms with E-state index in [2.05, 4.69) is 9.97 Å². The quantitative estimate of drug-likeness (QED) is 0.756. The van der Waals surface area contributed by atoms with Gasteiger partial charge in [0.1, 0.15) is 0 Å². The van der Waals surface area contributed by atoms with Crippen LogP contribution in [0, 0.1) is 13.8 Å². The van der Waals surface area contributed by atoms with E-state index in [9.17, 15) is 4.79 Å². The molecule has 0 atom stereocenters. The molecule has 0 spiro atoms. The van der Waals surface area contributed by atoms with Gasteiger partial charge in [0.05, 0.1) is 0 Å². The Hall–Kier alpha value is -1.90. The molecule has 15 heavy (non-hydrogen) atoms. The zero-order chi connectivity index (χ0) is 10.8. The Balaban J connectivity index is 2.41. The van der Waals surface area contributed by atoms with Crippen LogP contribution < -0.4 is 0 Å². The number of rotatable bonds is 2. The van der Waals surface area contributed by atoms with Gasteiger partial charge in [-0.2, -0.15) is 0 Å². The molecular formula is C12H12N2O. The molecule has 0 saturated carbocycles. The first-order valence-corrected chi connectivity index (χ1v) is 4.79. The van der Waals surface area contributed by atoms with Gasteiger partial charge in [-0.05, 0) is 32.0 Å². The van der Waals surface area contributed by atoms with E-state index < -0.39 is 0 Å². The van der Waals surface area contributed by atoms with Crippen LogP contribution in [0.5, 0.6) is 0 Å². The summed E-state index contributed by atoms with van der Waals surface area (Å²) >= 11 is 0. The lowest BCUT2D eigenvalue weighted by atomic mass is 10.1. The van der Waals surface area contributed by atoms with Crippen LogP contribution in [-0.4, -0.2) is 15.8 Å². The monoisotopic (exact) mass is 200 g/mol. The molecule has 0 aliphatic carbocycles. The molecule has 0 radical (unpaired) electrons.